The van der Waals surface area contributed by atoms with Crippen molar-refractivity contribution in [2.75, 3.05) is 20.3 Å². The summed E-state index contributed by atoms with van der Waals surface area (Å²) < 4.78 is 16.2. The smallest absolute Gasteiger partial charge is 0.234 e. The number of hydrogen-bond acceptors (Lipinski definition) is 5. The molecule has 2 N–H and O–H groups in total. The Morgan fingerprint density at radius 3 is 3.08 bits per heavy atom. The van der Waals surface area contributed by atoms with E-state index < -0.39 is 0 Å². The van der Waals surface area contributed by atoms with Crippen LogP contribution in [0.1, 0.15) is 30.2 Å². The molecule has 1 aliphatic heterocycles. The minimum absolute atomic E-state index is 0.0633. The lowest BCUT2D eigenvalue weighted by Crippen LogP contribution is -2.35. The van der Waals surface area contributed by atoms with E-state index in [0.717, 1.165) is 35.7 Å². The number of fused-ring (bicyclic) bond motifs is 1. The molecular weight excluding hydrogens is 308 g/mol. The van der Waals surface area contributed by atoms with Crippen molar-refractivity contribution in [2.45, 2.75) is 25.4 Å². The van der Waals surface area contributed by atoms with Crippen molar-refractivity contribution < 1.29 is 18.7 Å². The Kier molecular flexibility index (Phi) is 5.38. The van der Waals surface area contributed by atoms with Crippen LogP contribution in [0.3, 0.4) is 0 Å². The average molecular weight is 330 g/mol. The highest BCUT2D eigenvalue weighted by molar-refractivity contribution is 5.78. The van der Waals surface area contributed by atoms with E-state index in [1.807, 2.05) is 24.3 Å². The first-order chi connectivity index (χ1) is 11.8. The summed E-state index contributed by atoms with van der Waals surface area (Å²) in [5.41, 5.74) is 1.06. The zero-order chi connectivity index (χ0) is 16.8. The molecule has 2 aromatic rings. The monoisotopic (exact) mass is 330 g/mol. The van der Waals surface area contributed by atoms with E-state index in [2.05, 4.69) is 10.6 Å². The van der Waals surface area contributed by atoms with E-state index in [1.54, 1.807) is 19.4 Å². The van der Waals surface area contributed by atoms with Gasteiger partial charge in [0.15, 0.2) is 0 Å². The van der Waals surface area contributed by atoms with E-state index in [9.17, 15) is 4.79 Å². The van der Waals surface area contributed by atoms with Gasteiger partial charge in [-0.2, -0.15) is 0 Å². The van der Waals surface area contributed by atoms with Gasteiger partial charge in [0.05, 0.1) is 33.1 Å². The van der Waals surface area contributed by atoms with Crippen molar-refractivity contribution in [3.05, 3.63) is 47.9 Å². The van der Waals surface area contributed by atoms with Gasteiger partial charge in [-0.25, -0.2) is 0 Å². The van der Waals surface area contributed by atoms with Gasteiger partial charge < -0.3 is 24.5 Å². The molecule has 0 spiro atoms. The van der Waals surface area contributed by atoms with Crippen molar-refractivity contribution >= 4 is 5.91 Å². The second-order valence-electron chi connectivity index (χ2n) is 5.68. The fourth-order valence-electron chi connectivity index (χ4n) is 2.77. The van der Waals surface area contributed by atoms with Crippen molar-refractivity contribution in [1.82, 2.24) is 10.6 Å². The third-order valence-corrected chi connectivity index (χ3v) is 4.04. The van der Waals surface area contributed by atoms with Crippen LogP contribution < -0.4 is 20.1 Å². The zero-order valence-electron chi connectivity index (χ0n) is 13.7. The molecule has 0 aliphatic carbocycles. The molecule has 128 valence electrons. The van der Waals surface area contributed by atoms with Crippen LogP contribution in [0.2, 0.25) is 0 Å². The maximum atomic E-state index is 12.0. The maximum absolute atomic E-state index is 12.0. The normalized spacial score (nSPS) is 16.6. The molecule has 0 saturated heterocycles. The molecule has 0 bridgehead atoms. The predicted octanol–water partition coefficient (Wildman–Crippen LogP) is 2.41. The van der Waals surface area contributed by atoms with Crippen molar-refractivity contribution in [3.63, 3.8) is 0 Å². The molecule has 0 saturated carbocycles. The third-order valence-electron chi connectivity index (χ3n) is 4.04. The van der Waals surface area contributed by atoms with Gasteiger partial charge in [-0.3, -0.25) is 4.79 Å². The minimum atomic E-state index is -0.0633. The van der Waals surface area contributed by atoms with Gasteiger partial charge in [0.1, 0.15) is 17.3 Å². The molecule has 1 aromatic carbocycles. The van der Waals surface area contributed by atoms with Crippen LogP contribution in [-0.2, 0) is 11.3 Å². The van der Waals surface area contributed by atoms with E-state index in [1.165, 1.54) is 0 Å². The summed E-state index contributed by atoms with van der Waals surface area (Å²) in [5.74, 6) is 2.27. The fourth-order valence-corrected chi connectivity index (χ4v) is 2.77. The Morgan fingerprint density at radius 1 is 1.38 bits per heavy atom. The number of carbonyl (C=O) groups excluding carboxylic acids is 1. The standard InChI is InChI=1S/C18H22N2O4/c1-22-13-6-7-15-16(5-3-9-24-17(15)10-13)19-12-18(21)20-11-14-4-2-8-23-14/h2,4,6-8,10,16,19H,3,5,9,11-12H2,1H3,(H,20,21)/t16-/m0/s1. The molecule has 1 aliphatic rings. The molecular formula is C18H22N2O4. The quantitative estimate of drug-likeness (QED) is 0.851. The van der Waals surface area contributed by atoms with Crippen LogP contribution in [0.5, 0.6) is 11.5 Å². The maximum Gasteiger partial charge on any atom is 0.234 e. The van der Waals surface area contributed by atoms with Crippen LogP contribution >= 0.6 is 0 Å². The molecule has 6 heteroatoms. The summed E-state index contributed by atoms with van der Waals surface area (Å²) in [5, 5.41) is 6.16. The molecule has 3 rings (SSSR count). The van der Waals surface area contributed by atoms with Crippen LogP contribution in [0.4, 0.5) is 0 Å². The van der Waals surface area contributed by atoms with Crippen molar-refractivity contribution in [2.24, 2.45) is 0 Å². The lowest BCUT2D eigenvalue weighted by molar-refractivity contribution is -0.120. The number of ether oxygens (including phenoxy) is 2. The van der Waals surface area contributed by atoms with Gasteiger partial charge in [0, 0.05) is 17.7 Å². The topological polar surface area (TPSA) is 72.7 Å². The molecule has 0 radical (unpaired) electrons. The molecule has 1 atom stereocenters. The molecule has 1 amide bonds. The fraction of sp³-hybridized carbons (Fsp3) is 0.389. The van der Waals surface area contributed by atoms with E-state index in [4.69, 9.17) is 13.9 Å². The number of methoxy groups -OCH3 is 1. The van der Waals surface area contributed by atoms with Gasteiger partial charge >= 0.3 is 0 Å². The first kappa shape index (κ1) is 16.4. The van der Waals surface area contributed by atoms with Crippen molar-refractivity contribution in [1.29, 1.82) is 0 Å². The molecule has 6 nitrogen and oxygen atoms in total. The SMILES string of the molecule is COc1ccc2c(c1)OCCC[C@@H]2NCC(=O)NCc1ccco1. The lowest BCUT2D eigenvalue weighted by Gasteiger charge is -2.18. The molecule has 24 heavy (non-hydrogen) atoms. The van der Waals surface area contributed by atoms with Crippen LogP contribution in [0, 0.1) is 0 Å². The minimum Gasteiger partial charge on any atom is -0.497 e. The van der Waals surface area contributed by atoms with Crippen LogP contribution in [-0.4, -0.2) is 26.2 Å². The molecule has 0 fully saturated rings. The highest BCUT2D eigenvalue weighted by Crippen LogP contribution is 2.34. The predicted molar refractivity (Wildman–Crippen MR) is 89.0 cm³/mol. The van der Waals surface area contributed by atoms with Crippen molar-refractivity contribution in [3.8, 4) is 11.5 Å². The van der Waals surface area contributed by atoms with E-state index in [0.29, 0.717) is 13.2 Å². The summed E-state index contributed by atoms with van der Waals surface area (Å²) in [6, 6.07) is 9.53. The summed E-state index contributed by atoms with van der Waals surface area (Å²) in [6.07, 6.45) is 3.45. The lowest BCUT2D eigenvalue weighted by atomic mass is 10.0. The Bertz CT molecular complexity index is 670. The van der Waals surface area contributed by atoms with Crippen LogP contribution in [0.15, 0.2) is 41.0 Å². The third kappa shape index (κ3) is 4.08. The Balaban J connectivity index is 1.57. The van der Waals surface area contributed by atoms with Gasteiger partial charge in [-0.05, 0) is 31.0 Å². The van der Waals surface area contributed by atoms with Gasteiger partial charge in [-0.15, -0.1) is 0 Å². The number of nitrogens with one attached hydrogen (secondary N) is 2. The summed E-state index contributed by atoms with van der Waals surface area (Å²) >= 11 is 0. The Morgan fingerprint density at radius 2 is 2.29 bits per heavy atom. The number of rotatable bonds is 6. The number of furan rings is 1. The molecule has 2 heterocycles. The van der Waals surface area contributed by atoms with Gasteiger partial charge in [-0.1, -0.05) is 6.07 Å². The first-order valence-corrected chi connectivity index (χ1v) is 8.09. The molecule has 1 aromatic heterocycles. The number of benzene rings is 1. The van der Waals surface area contributed by atoms with Gasteiger partial charge in [0.25, 0.3) is 0 Å². The highest BCUT2D eigenvalue weighted by atomic mass is 16.5. The van der Waals surface area contributed by atoms with Gasteiger partial charge in [0.2, 0.25) is 5.91 Å². The Labute approximate surface area is 141 Å². The Hall–Kier alpha value is -2.47. The summed E-state index contributed by atoms with van der Waals surface area (Å²) in [7, 11) is 1.64. The summed E-state index contributed by atoms with van der Waals surface area (Å²) in [6.45, 7) is 1.31. The number of amides is 1. The largest absolute Gasteiger partial charge is 0.497 e. The average Bonchev–Trinajstić information content (AvgIpc) is 3.05. The van der Waals surface area contributed by atoms with E-state index >= 15 is 0 Å². The number of carbonyl (C=O) groups is 1. The second kappa shape index (κ2) is 7.88. The molecule has 0 unspecified atom stereocenters. The van der Waals surface area contributed by atoms with E-state index in [-0.39, 0.29) is 18.5 Å². The number of hydrogen-bond donors (Lipinski definition) is 2. The zero-order valence-corrected chi connectivity index (χ0v) is 13.7. The first-order valence-electron chi connectivity index (χ1n) is 8.09. The highest BCUT2D eigenvalue weighted by Gasteiger charge is 2.20. The second-order valence-corrected chi connectivity index (χ2v) is 5.68. The van der Waals surface area contributed by atoms with Crippen LogP contribution in [0.25, 0.3) is 0 Å². The summed E-state index contributed by atoms with van der Waals surface area (Å²) in [4.78, 5) is 12.0.